The second-order valence-electron chi connectivity index (χ2n) is 3.48. The molecule has 1 spiro atoms. The SMILES string of the molecule is N#CCN1C(=O)OC12C(F)(F)C(F)(F)C2(F)F. The fraction of sp³-hybridized carbons (Fsp3) is 0.714. The van der Waals surface area contributed by atoms with Gasteiger partial charge in [0, 0.05) is 0 Å². The third-order valence-corrected chi connectivity index (χ3v) is 2.70. The maximum absolute atomic E-state index is 13.0. The molecule has 1 saturated heterocycles. The Bertz CT molecular complexity index is 424. The van der Waals surface area contributed by atoms with E-state index in [1.807, 2.05) is 0 Å². The number of hydrogen-bond acceptors (Lipinski definition) is 3. The van der Waals surface area contributed by atoms with Gasteiger partial charge in [-0.1, -0.05) is 0 Å². The summed E-state index contributed by atoms with van der Waals surface area (Å²) in [6, 6.07) is 1.14. The Balaban J connectivity index is 2.47. The van der Waals surface area contributed by atoms with Gasteiger partial charge in [0.05, 0.1) is 6.07 Å². The lowest BCUT2D eigenvalue weighted by Gasteiger charge is -2.64. The molecule has 10 heteroatoms. The molecule has 1 heterocycles. The normalized spacial score (nSPS) is 29.9. The van der Waals surface area contributed by atoms with E-state index in [0.717, 1.165) is 6.07 Å². The van der Waals surface area contributed by atoms with Gasteiger partial charge >= 0.3 is 29.6 Å². The highest BCUT2D eigenvalue weighted by Gasteiger charge is 3.06. The quantitative estimate of drug-likeness (QED) is 0.531. The van der Waals surface area contributed by atoms with Crippen molar-refractivity contribution < 1.29 is 35.9 Å². The molecule has 2 rings (SSSR count). The number of nitrogens with zero attached hydrogens (tertiary/aromatic N) is 2. The summed E-state index contributed by atoms with van der Waals surface area (Å²) in [5.74, 6) is -16.1. The first-order chi connectivity index (χ1) is 7.58. The third kappa shape index (κ3) is 0.797. The second kappa shape index (κ2) is 2.60. The molecule has 94 valence electrons. The summed E-state index contributed by atoms with van der Waals surface area (Å²) in [5.41, 5.74) is -4.05. The van der Waals surface area contributed by atoms with Crippen molar-refractivity contribution in [3.8, 4) is 6.07 Å². The van der Waals surface area contributed by atoms with Crippen molar-refractivity contribution >= 4 is 6.09 Å². The Labute approximate surface area is 89.3 Å². The van der Waals surface area contributed by atoms with Crippen molar-refractivity contribution in [2.45, 2.75) is 23.5 Å². The van der Waals surface area contributed by atoms with E-state index in [2.05, 4.69) is 4.74 Å². The van der Waals surface area contributed by atoms with Crippen molar-refractivity contribution in [3.05, 3.63) is 0 Å². The molecule has 2 fully saturated rings. The number of rotatable bonds is 1. The summed E-state index contributed by atoms with van der Waals surface area (Å²) in [4.78, 5) is 10.3. The maximum Gasteiger partial charge on any atom is 0.416 e. The summed E-state index contributed by atoms with van der Waals surface area (Å²) in [6.45, 7) is -1.19. The summed E-state index contributed by atoms with van der Waals surface area (Å²) in [5, 5.41) is 8.17. The average Bonchev–Trinajstić information content (AvgIpc) is 2.20. The number of amides is 1. The van der Waals surface area contributed by atoms with Crippen LogP contribution in [0.3, 0.4) is 0 Å². The van der Waals surface area contributed by atoms with Gasteiger partial charge in [0.2, 0.25) is 0 Å². The zero-order valence-electron chi connectivity index (χ0n) is 7.69. The van der Waals surface area contributed by atoms with Crippen LogP contribution in [-0.4, -0.2) is 41.0 Å². The number of ether oxygens (including phenoxy) is 1. The molecule has 0 bridgehead atoms. The van der Waals surface area contributed by atoms with Crippen LogP contribution in [0.5, 0.6) is 0 Å². The molecule has 0 radical (unpaired) electrons. The summed E-state index contributed by atoms with van der Waals surface area (Å²) < 4.78 is 80.7. The minimum absolute atomic E-state index is 0.398. The zero-order valence-corrected chi connectivity index (χ0v) is 7.69. The molecule has 0 aromatic carbocycles. The molecule has 2 aliphatic rings. The number of halogens is 6. The van der Waals surface area contributed by atoms with E-state index in [1.54, 1.807) is 0 Å². The number of alkyl halides is 6. The predicted molar refractivity (Wildman–Crippen MR) is 36.4 cm³/mol. The van der Waals surface area contributed by atoms with E-state index in [9.17, 15) is 31.1 Å². The molecule has 17 heavy (non-hydrogen) atoms. The van der Waals surface area contributed by atoms with Gasteiger partial charge in [-0.15, -0.1) is 0 Å². The third-order valence-electron chi connectivity index (χ3n) is 2.70. The van der Waals surface area contributed by atoms with Crippen molar-refractivity contribution in [2.75, 3.05) is 6.54 Å². The van der Waals surface area contributed by atoms with Crippen molar-refractivity contribution in [3.63, 3.8) is 0 Å². The highest BCUT2D eigenvalue weighted by molar-refractivity contribution is 5.77. The molecule has 1 aliphatic heterocycles. The lowest BCUT2D eigenvalue weighted by Crippen LogP contribution is -2.96. The van der Waals surface area contributed by atoms with Crippen molar-refractivity contribution in [1.82, 2.24) is 4.90 Å². The van der Waals surface area contributed by atoms with E-state index in [4.69, 9.17) is 5.26 Å². The Hall–Kier alpha value is -1.66. The molecular weight excluding hydrogens is 258 g/mol. The van der Waals surface area contributed by atoms with Crippen LogP contribution >= 0.6 is 0 Å². The lowest BCUT2D eigenvalue weighted by molar-refractivity contribution is -0.536. The van der Waals surface area contributed by atoms with Crippen LogP contribution in [0.2, 0.25) is 0 Å². The van der Waals surface area contributed by atoms with Crippen molar-refractivity contribution in [2.24, 2.45) is 0 Å². The van der Waals surface area contributed by atoms with E-state index in [1.165, 1.54) is 0 Å². The molecule has 1 amide bonds. The second-order valence-corrected chi connectivity index (χ2v) is 3.48. The highest BCUT2D eigenvalue weighted by atomic mass is 19.4. The molecule has 1 aliphatic carbocycles. The molecule has 0 aromatic rings. The number of carbonyl (C=O) groups is 1. The summed E-state index contributed by atoms with van der Waals surface area (Å²) >= 11 is 0. The molecule has 4 nitrogen and oxygen atoms in total. The monoisotopic (exact) mass is 260 g/mol. The van der Waals surface area contributed by atoms with Gasteiger partial charge in [-0.05, 0) is 0 Å². The number of nitriles is 1. The number of carbonyl (C=O) groups excluding carboxylic acids is 1. The van der Waals surface area contributed by atoms with Gasteiger partial charge in [-0.25, -0.2) is 9.69 Å². The van der Waals surface area contributed by atoms with E-state index < -0.39 is 41.0 Å². The largest absolute Gasteiger partial charge is 0.416 e. The van der Waals surface area contributed by atoms with Crippen LogP contribution in [0, 0.1) is 11.3 Å². The Kier molecular flexibility index (Phi) is 1.81. The van der Waals surface area contributed by atoms with Gasteiger partial charge < -0.3 is 4.74 Å². The standard InChI is InChI=1S/C7H2F6N2O2/c8-4(9)5(10,11)7(6(4,12)13)15(2-1-14)3(16)17-7/h2H2. The smallest absolute Gasteiger partial charge is 0.408 e. The van der Waals surface area contributed by atoms with Crippen LogP contribution in [0.1, 0.15) is 0 Å². The Morgan fingerprint density at radius 1 is 1.12 bits per heavy atom. The highest BCUT2D eigenvalue weighted by Crippen LogP contribution is 2.71. The minimum Gasteiger partial charge on any atom is -0.408 e. The molecule has 0 aromatic heterocycles. The molecule has 0 N–H and O–H groups in total. The first-order valence-electron chi connectivity index (χ1n) is 4.09. The van der Waals surface area contributed by atoms with Crippen LogP contribution < -0.4 is 0 Å². The topological polar surface area (TPSA) is 53.3 Å². The van der Waals surface area contributed by atoms with E-state index in [-0.39, 0.29) is 0 Å². The fourth-order valence-corrected chi connectivity index (χ4v) is 1.80. The summed E-state index contributed by atoms with van der Waals surface area (Å²) in [7, 11) is 0. The first-order valence-corrected chi connectivity index (χ1v) is 4.09. The van der Waals surface area contributed by atoms with Gasteiger partial charge in [-0.3, -0.25) is 0 Å². The predicted octanol–water partition coefficient (Wildman–Crippen LogP) is 1.58. The number of hydrogen-bond donors (Lipinski definition) is 0. The molecular formula is C7H2F6N2O2. The lowest BCUT2D eigenvalue weighted by atomic mass is 9.71. The average molecular weight is 260 g/mol. The van der Waals surface area contributed by atoms with Crippen LogP contribution in [-0.2, 0) is 4.74 Å². The van der Waals surface area contributed by atoms with Crippen LogP contribution in [0.25, 0.3) is 0 Å². The van der Waals surface area contributed by atoms with Gasteiger partial charge in [0.25, 0.3) is 0 Å². The molecule has 0 unspecified atom stereocenters. The van der Waals surface area contributed by atoms with Gasteiger partial charge in [0.1, 0.15) is 6.54 Å². The minimum atomic E-state index is -5.63. The zero-order chi connectivity index (χ0) is 13.3. The van der Waals surface area contributed by atoms with Crippen molar-refractivity contribution in [1.29, 1.82) is 5.26 Å². The molecule has 0 atom stereocenters. The van der Waals surface area contributed by atoms with E-state index >= 15 is 0 Å². The Morgan fingerprint density at radius 3 is 1.94 bits per heavy atom. The fourth-order valence-electron chi connectivity index (χ4n) is 1.80. The maximum atomic E-state index is 13.0. The van der Waals surface area contributed by atoms with E-state index in [0.29, 0.717) is 0 Å². The molecule has 1 saturated carbocycles. The van der Waals surface area contributed by atoms with Gasteiger partial charge in [0.15, 0.2) is 0 Å². The van der Waals surface area contributed by atoms with Crippen LogP contribution in [0.15, 0.2) is 0 Å². The first kappa shape index (κ1) is 11.8. The van der Waals surface area contributed by atoms with Gasteiger partial charge in [-0.2, -0.15) is 31.6 Å². The Morgan fingerprint density at radius 2 is 1.59 bits per heavy atom. The summed E-state index contributed by atoms with van der Waals surface area (Å²) in [6.07, 6.45) is -1.67. The van der Waals surface area contributed by atoms with Crippen LogP contribution in [0.4, 0.5) is 31.1 Å².